The molecule has 1 atom stereocenters. The molecule has 0 radical (unpaired) electrons. The highest BCUT2D eigenvalue weighted by Gasteiger charge is 2.31. The summed E-state index contributed by atoms with van der Waals surface area (Å²) in [6, 6.07) is 5.82. The average Bonchev–Trinajstić information content (AvgIpc) is 3.33. The van der Waals surface area contributed by atoms with Gasteiger partial charge in [0.05, 0.1) is 5.69 Å². The van der Waals surface area contributed by atoms with Gasteiger partial charge in [-0.05, 0) is 37.5 Å². The van der Waals surface area contributed by atoms with Crippen molar-refractivity contribution in [2.24, 2.45) is 0 Å². The maximum absolute atomic E-state index is 14.9. The van der Waals surface area contributed by atoms with E-state index in [4.69, 9.17) is 9.05 Å². The summed E-state index contributed by atoms with van der Waals surface area (Å²) < 4.78 is 24.5. The fourth-order valence-electron chi connectivity index (χ4n) is 3.27. The Hall–Kier alpha value is -3.23. The van der Waals surface area contributed by atoms with Crippen LogP contribution in [0.5, 0.6) is 0 Å². The van der Waals surface area contributed by atoms with Crippen LogP contribution in [0.1, 0.15) is 25.2 Å². The molecule has 0 aliphatic carbocycles. The third kappa shape index (κ3) is 3.53. The maximum atomic E-state index is 14.9. The number of halogens is 1. The molecule has 1 saturated heterocycles. The van der Waals surface area contributed by atoms with Crippen LogP contribution in [0.4, 0.5) is 15.9 Å². The normalized spacial score (nSPS) is 17.1. The minimum Gasteiger partial charge on any atom is -0.363 e. The molecule has 8 nitrogen and oxygen atoms in total. The second kappa shape index (κ2) is 7.18. The van der Waals surface area contributed by atoms with Gasteiger partial charge in [-0.25, -0.2) is 4.39 Å². The summed E-state index contributed by atoms with van der Waals surface area (Å²) in [5.41, 5.74) is 0.896. The molecule has 1 aliphatic rings. The Kier molecular flexibility index (Phi) is 4.57. The van der Waals surface area contributed by atoms with Crippen LogP contribution in [-0.2, 0) is 4.79 Å². The molecule has 1 aliphatic heterocycles. The number of piperidine rings is 1. The first-order valence-corrected chi connectivity index (χ1v) is 8.70. The zero-order valence-corrected chi connectivity index (χ0v) is 14.7. The zero-order valence-electron chi connectivity index (χ0n) is 14.7. The third-order valence-electron chi connectivity index (χ3n) is 4.54. The molecule has 3 heterocycles. The van der Waals surface area contributed by atoms with E-state index >= 15 is 0 Å². The van der Waals surface area contributed by atoms with Gasteiger partial charge < -0.3 is 19.3 Å². The summed E-state index contributed by atoms with van der Waals surface area (Å²) in [7, 11) is 0. The molecule has 9 heteroatoms. The lowest BCUT2D eigenvalue weighted by Crippen LogP contribution is -2.47. The van der Waals surface area contributed by atoms with Gasteiger partial charge in [0.15, 0.2) is 5.82 Å². The smallest absolute Gasteiger partial charge is 0.248 e. The van der Waals surface area contributed by atoms with Gasteiger partial charge in [0.1, 0.15) is 18.1 Å². The first-order chi connectivity index (χ1) is 13.1. The number of aromatic nitrogens is 3. The van der Waals surface area contributed by atoms with Crippen LogP contribution < -0.4 is 10.2 Å². The van der Waals surface area contributed by atoms with Gasteiger partial charge in [0.2, 0.25) is 17.6 Å². The number of amides is 1. The van der Waals surface area contributed by atoms with Gasteiger partial charge in [-0.3, -0.25) is 4.79 Å². The van der Waals surface area contributed by atoms with Crippen LogP contribution in [0.3, 0.4) is 0 Å². The topological polar surface area (TPSA) is 97.3 Å². The fraction of sp³-hybridized carbons (Fsp3) is 0.333. The van der Waals surface area contributed by atoms with E-state index in [1.165, 1.54) is 12.3 Å². The van der Waals surface area contributed by atoms with E-state index in [1.807, 2.05) is 0 Å². The Morgan fingerprint density at radius 2 is 2.19 bits per heavy atom. The Labute approximate surface area is 154 Å². The number of anilines is 2. The summed E-state index contributed by atoms with van der Waals surface area (Å²) in [5, 5.41) is 10.2. The molecule has 0 spiro atoms. The van der Waals surface area contributed by atoms with E-state index in [0.717, 1.165) is 12.8 Å². The van der Waals surface area contributed by atoms with Gasteiger partial charge in [-0.2, -0.15) is 4.98 Å². The fourth-order valence-corrected chi connectivity index (χ4v) is 3.27. The first-order valence-electron chi connectivity index (χ1n) is 8.70. The summed E-state index contributed by atoms with van der Waals surface area (Å²) in [6.07, 6.45) is 3.80. The Balaban J connectivity index is 1.58. The molecule has 4 rings (SSSR count). The van der Waals surface area contributed by atoms with Gasteiger partial charge in [0.25, 0.3) is 0 Å². The molecule has 1 N–H and O–H groups in total. The summed E-state index contributed by atoms with van der Waals surface area (Å²) in [6.45, 7) is 2.27. The summed E-state index contributed by atoms with van der Waals surface area (Å²) in [4.78, 5) is 18.6. The first kappa shape index (κ1) is 17.2. The van der Waals surface area contributed by atoms with Crippen molar-refractivity contribution in [3.05, 3.63) is 42.2 Å². The second-order valence-electron chi connectivity index (χ2n) is 6.38. The number of rotatable bonds is 4. The van der Waals surface area contributed by atoms with Crippen LogP contribution in [0.15, 0.2) is 39.6 Å². The number of carbonyl (C=O) groups is 1. The molecule has 27 heavy (non-hydrogen) atoms. The molecule has 0 bridgehead atoms. The Morgan fingerprint density at radius 1 is 1.30 bits per heavy atom. The second-order valence-corrected chi connectivity index (χ2v) is 6.38. The van der Waals surface area contributed by atoms with Gasteiger partial charge in [-0.1, -0.05) is 10.3 Å². The van der Waals surface area contributed by atoms with E-state index in [0.29, 0.717) is 41.7 Å². The zero-order chi connectivity index (χ0) is 18.8. The van der Waals surface area contributed by atoms with Crippen LogP contribution >= 0.6 is 0 Å². The van der Waals surface area contributed by atoms with E-state index in [1.54, 1.807) is 30.0 Å². The molecule has 140 valence electrons. The quantitative estimate of drug-likeness (QED) is 0.752. The molecule has 1 fully saturated rings. The minimum absolute atomic E-state index is 0.235. The largest absolute Gasteiger partial charge is 0.363 e. The predicted molar refractivity (Wildman–Crippen MR) is 94.5 cm³/mol. The minimum atomic E-state index is -0.483. The highest BCUT2D eigenvalue weighted by Crippen LogP contribution is 2.30. The monoisotopic (exact) mass is 371 g/mol. The number of benzene rings is 1. The lowest BCUT2D eigenvalue weighted by atomic mass is 10.00. The molecule has 1 unspecified atom stereocenters. The standard InChI is InChI=1S/C18H18FN5O3/c1-11-20-17(23-27-11)12-5-6-14(13(19)10-12)24-8-3-2-4-15(24)18(25)21-16-7-9-26-22-16/h5-7,9-10,15H,2-4,8H2,1H3,(H,21,22,25). The van der Waals surface area contributed by atoms with Crippen molar-refractivity contribution in [2.45, 2.75) is 32.2 Å². The molecular weight excluding hydrogens is 353 g/mol. The van der Waals surface area contributed by atoms with Gasteiger partial charge in [0, 0.05) is 25.1 Å². The SMILES string of the molecule is Cc1nc(-c2ccc(N3CCCCC3C(=O)Nc3ccon3)c(F)c2)no1. The average molecular weight is 371 g/mol. The van der Waals surface area contributed by atoms with Crippen molar-refractivity contribution in [3.63, 3.8) is 0 Å². The number of nitrogens with one attached hydrogen (secondary N) is 1. The van der Waals surface area contributed by atoms with Crippen molar-refractivity contribution in [2.75, 3.05) is 16.8 Å². The summed E-state index contributed by atoms with van der Waals surface area (Å²) >= 11 is 0. The van der Waals surface area contributed by atoms with Crippen molar-refractivity contribution in [3.8, 4) is 11.4 Å². The lowest BCUT2D eigenvalue weighted by Gasteiger charge is -2.36. The number of aryl methyl sites for hydroxylation is 1. The molecular formula is C18H18FN5O3. The van der Waals surface area contributed by atoms with Crippen molar-refractivity contribution in [1.29, 1.82) is 0 Å². The molecule has 3 aromatic rings. The molecule has 1 aromatic carbocycles. The number of carbonyl (C=O) groups excluding carboxylic acids is 1. The Morgan fingerprint density at radius 3 is 2.89 bits per heavy atom. The predicted octanol–water partition coefficient (Wildman–Crippen LogP) is 3.17. The van der Waals surface area contributed by atoms with Gasteiger partial charge in [-0.15, -0.1) is 0 Å². The molecule has 1 amide bonds. The number of nitrogens with zero attached hydrogens (tertiary/aromatic N) is 4. The molecule has 0 saturated carbocycles. The van der Waals surface area contributed by atoms with Crippen molar-refractivity contribution < 1.29 is 18.2 Å². The van der Waals surface area contributed by atoms with E-state index < -0.39 is 11.9 Å². The van der Waals surface area contributed by atoms with Crippen LogP contribution in [-0.4, -0.2) is 33.8 Å². The van der Waals surface area contributed by atoms with Gasteiger partial charge >= 0.3 is 0 Å². The molecule has 2 aromatic heterocycles. The van der Waals surface area contributed by atoms with E-state index in [-0.39, 0.29) is 5.91 Å². The lowest BCUT2D eigenvalue weighted by molar-refractivity contribution is -0.117. The summed E-state index contributed by atoms with van der Waals surface area (Å²) in [5.74, 6) is 0.415. The Bertz CT molecular complexity index is 940. The third-order valence-corrected chi connectivity index (χ3v) is 4.54. The van der Waals surface area contributed by atoms with Crippen LogP contribution in [0.25, 0.3) is 11.4 Å². The van der Waals surface area contributed by atoms with E-state index in [2.05, 4.69) is 20.6 Å². The van der Waals surface area contributed by atoms with Crippen LogP contribution in [0.2, 0.25) is 0 Å². The number of hydrogen-bond donors (Lipinski definition) is 1. The highest BCUT2D eigenvalue weighted by molar-refractivity contribution is 5.96. The van der Waals surface area contributed by atoms with Crippen molar-refractivity contribution in [1.82, 2.24) is 15.3 Å². The highest BCUT2D eigenvalue weighted by atomic mass is 19.1. The maximum Gasteiger partial charge on any atom is 0.248 e. The number of hydrogen-bond acceptors (Lipinski definition) is 7. The van der Waals surface area contributed by atoms with Crippen molar-refractivity contribution >= 4 is 17.4 Å². The van der Waals surface area contributed by atoms with Crippen LogP contribution in [0, 0.1) is 12.7 Å². The van der Waals surface area contributed by atoms with E-state index in [9.17, 15) is 9.18 Å².